The van der Waals surface area contributed by atoms with Gasteiger partial charge in [0, 0.05) is 38.3 Å². The van der Waals surface area contributed by atoms with Gasteiger partial charge in [0.1, 0.15) is 0 Å². The van der Waals surface area contributed by atoms with Crippen molar-refractivity contribution in [3.8, 4) is 0 Å². The van der Waals surface area contributed by atoms with E-state index in [0.717, 1.165) is 26.2 Å². The fraction of sp³-hybridized carbons (Fsp3) is 1.00. The molecule has 3 heteroatoms. The molecule has 1 rings (SSSR count). The maximum Gasteiger partial charge on any atom is 0.0615 e. The topological polar surface area (TPSA) is 24.5 Å². The lowest BCUT2D eigenvalue weighted by Gasteiger charge is -2.43. The Morgan fingerprint density at radius 2 is 2.29 bits per heavy atom. The molecule has 0 aromatic carbocycles. The number of rotatable bonds is 4. The van der Waals surface area contributed by atoms with Crippen molar-refractivity contribution >= 4 is 0 Å². The van der Waals surface area contributed by atoms with Gasteiger partial charge in [0.25, 0.3) is 0 Å². The predicted molar refractivity (Wildman–Crippen MR) is 59.6 cm³/mol. The van der Waals surface area contributed by atoms with Crippen LogP contribution in [0.3, 0.4) is 0 Å². The Morgan fingerprint density at radius 1 is 1.57 bits per heavy atom. The molecule has 0 spiro atoms. The van der Waals surface area contributed by atoms with Crippen LogP contribution in [0.4, 0.5) is 0 Å². The van der Waals surface area contributed by atoms with E-state index in [4.69, 9.17) is 4.74 Å². The van der Waals surface area contributed by atoms with Gasteiger partial charge >= 0.3 is 0 Å². The molecular weight excluding hydrogens is 176 g/mol. The van der Waals surface area contributed by atoms with Crippen LogP contribution in [0.25, 0.3) is 0 Å². The van der Waals surface area contributed by atoms with Crippen LogP contribution in [0.15, 0.2) is 0 Å². The quantitative estimate of drug-likeness (QED) is 0.735. The highest BCUT2D eigenvalue weighted by molar-refractivity contribution is 4.91. The molecule has 0 radical (unpaired) electrons. The molecule has 1 N–H and O–H groups in total. The normalized spacial score (nSPS) is 31.7. The van der Waals surface area contributed by atoms with Gasteiger partial charge < -0.3 is 10.1 Å². The summed E-state index contributed by atoms with van der Waals surface area (Å²) in [7, 11) is 1.78. The lowest BCUT2D eigenvalue weighted by Crippen LogP contribution is -2.60. The molecule has 0 aliphatic carbocycles. The minimum atomic E-state index is 0.292. The zero-order chi connectivity index (χ0) is 10.6. The third kappa shape index (κ3) is 2.94. The fourth-order valence-corrected chi connectivity index (χ4v) is 2.04. The van der Waals surface area contributed by atoms with Gasteiger partial charge in [0.05, 0.1) is 6.61 Å². The van der Waals surface area contributed by atoms with Crippen LogP contribution in [-0.4, -0.2) is 49.8 Å². The monoisotopic (exact) mass is 200 g/mol. The highest BCUT2D eigenvalue weighted by Crippen LogP contribution is 2.16. The van der Waals surface area contributed by atoms with Crippen LogP contribution < -0.4 is 5.32 Å². The minimum absolute atomic E-state index is 0.292. The predicted octanol–water partition coefficient (Wildman–Crippen LogP) is 1.10. The highest BCUT2D eigenvalue weighted by Gasteiger charge is 2.30. The van der Waals surface area contributed by atoms with E-state index in [2.05, 4.69) is 31.0 Å². The zero-order valence-corrected chi connectivity index (χ0v) is 9.97. The molecule has 0 bridgehead atoms. The van der Waals surface area contributed by atoms with Gasteiger partial charge in [-0.05, 0) is 20.3 Å². The van der Waals surface area contributed by atoms with Gasteiger partial charge in [-0.25, -0.2) is 0 Å². The molecule has 14 heavy (non-hydrogen) atoms. The zero-order valence-electron chi connectivity index (χ0n) is 9.97. The van der Waals surface area contributed by atoms with Crippen molar-refractivity contribution in [2.45, 2.75) is 38.8 Å². The van der Waals surface area contributed by atoms with E-state index in [1.165, 1.54) is 6.42 Å². The number of hydrogen-bond donors (Lipinski definition) is 1. The first-order valence-electron chi connectivity index (χ1n) is 5.59. The van der Waals surface area contributed by atoms with E-state index >= 15 is 0 Å². The smallest absolute Gasteiger partial charge is 0.0615 e. The second-order valence-electron chi connectivity index (χ2n) is 4.62. The number of hydrogen-bond acceptors (Lipinski definition) is 3. The van der Waals surface area contributed by atoms with E-state index in [1.54, 1.807) is 7.11 Å². The Bertz CT molecular complexity index is 175. The summed E-state index contributed by atoms with van der Waals surface area (Å²) in [6, 6.07) is 0.535. The summed E-state index contributed by atoms with van der Waals surface area (Å²) >= 11 is 0. The minimum Gasteiger partial charge on any atom is -0.383 e. The Kier molecular flexibility index (Phi) is 4.35. The summed E-state index contributed by atoms with van der Waals surface area (Å²) in [5, 5.41) is 3.59. The van der Waals surface area contributed by atoms with Gasteiger partial charge in [-0.15, -0.1) is 0 Å². The first-order chi connectivity index (χ1) is 6.61. The molecule has 84 valence electrons. The largest absolute Gasteiger partial charge is 0.383 e. The lowest BCUT2D eigenvalue weighted by atomic mass is 9.95. The standard InChI is InChI=1S/C11H24N2O/c1-5-11(3)9-13(7-6-12-11)10(2)8-14-4/h10,12H,5-9H2,1-4H3. The molecule has 1 saturated heterocycles. The van der Waals surface area contributed by atoms with Crippen LogP contribution >= 0.6 is 0 Å². The van der Waals surface area contributed by atoms with Gasteiger partial charge in [0.2, 0.25) is 0 Å². The van der Waals surface area contributed by atoms with Gasteiger partial charge in [0.15, 0.2) is 0 Å². The van der Waals surface area contributed by atoms with Crippen molar-refractivity contribution in [2.75, 3.05) is 33.4 Å². The van der Waals surface area contributed by atoms with Gasteiger partial charge in [-0.2, -0.15) is 0 Å². The van der Waals surface area contributed by atoms with Crippen molar-refractivity contribution in [1.82, 2.24) is 10.2 Å². The third-order valence-electron chi connectivity index (χ3n) is 3.31. The Hall–Kier alpha value is -0.120. The number of nitrogens with one attached hydrogen (secondary N) is 1. The molecule has 1 aliphatic rings. The molecule has 0 amide bonds. The third-order valence-corrected chi connectivity index (χ3v) is 3.31. The van der Waals surface area contributed by atoms with E-state index < -0.39 is 0 Å². The van der Waals surface area contributed by atoms with Crippen molar-refractivity contribution in [3.63, 3.8) is 0 Å². The summed E-state index contributed by atoms with van der Waals surface area (Å²) in [6.07, 6.45) is 1.18. The first kappa shape index (κ1) is 12.0. The number of piperazine rings is 1. The van der Waals surface area contributed by atoms with E-state index in [0.29, 0.717) is 11.6 Å². The average Bonchev–Trinajstić information content (AvgIpc) is 2.18. The second kappa shape index (κ2) is 5.10. The maximum atomic E-state index is 5.20. The molecule has 1 fully saturated rings. The van der Waals surface area contributed by atoms with Crippen molar-refractivity contribution < 1.29 is 4.74 Å². The fourth-order valence-electron chi connectivity index (χ4n) is 2.04. The molecule has 1 heterocycles. The molecule has 1 aliphatic heterocycles. The summed E-state index contributed by atoms with van der Waals surface area (Å²) in [6.45, 7) is 11.0. The van der Waals surface area contributed by atoms with E-state index in [1.807, 2.05) is 0 Å². The summed E-state index contributed by atoms with van der Waals surface area (Å²) in [5.41, 5.74) is 0.292. The molecule has 2 unspecified atom stereocenters. The van der Waals surface area contributed by atoms with Crippen molar-refractivity contribution in [3.05, 3.63) is 0 Å². The Balaban J connectivity index is 2.47. The van der Waals surface area contributed by atoms with Crippen LogP contribution in [-0.2, 0) is 4.74 Å². The number of ether oxygens (including phenoxy) is 1. The summed E-state index contributed by atoms with van der Waals surface area (Å²) < 4.78 is 5.20. The maximum absolute atomic E-state index is 5.20. The molecule has 0 aromatic heterocycles. The summed E-state index contributed by atoms with van der Waals surface area (Å²) in [4.78, 5) is 2.52. The van der Waals surface area contributed by atoms with Crippen LogP contribution in [0.1, 0.15) is 27.2 Å². The Morgan fingerprint density at radius 3 is 2.86 bits per heavy atom. The SMILES string of the molecule is CCC1(C)CN(C(C)COC)CCN1. The van der Waals surface area contributed by atoms with E-state index in [-0.39, 0.29) is 0 Å². The molecule has 2 atom stereocenters. The van der Waals surface area contributed by atoms with Gasteiger partial charge in [-0.3, -0.25) is 4.90 Å². The molecule has 3 nitrogen and oxygen atoms in total. The van der Waals surface area contributed by atoms with Crippen molar-refractivity contribution in [2.24, 2.45) is 0 Å². The molecular formula is C11H24N2O. The Labute approximate surface area is 87.8 Å². The lowest BCUT2D eigenvalue weighted by molar-refractivity contribution is 0.0560. The van der Waals surface area contributed by atoms with E-state index in [9.17, 15) is 0 Å². The average molecular weight is 200 g/mol. The molecule has 0 saturated carbocycles. The van der Waals surface area contributed by atoms with Crippen LogP contribution in [0.2, 0.25) is 0 Å². The highest BCUT2D eigenvalue weighted by atomic mass is 16.5. The second-order valence-corrected chi connectivity index (χ2v) is 4.62. The number of nitrogens with zero attached hydrogens (tertiary/aromatic N) is 1. The number of methoxy groups -OCH3 is 1. The van der Waals surface area contributed by atoms with Crippen molar-refractivity contribution in [1.29, 1.82) is 0 Å². The van der Waals surface area contributed by atoms with Crippen LogP contribution in [0.5, 0.6) is 0 Å². The van der Waals surface area contributed by atoms with Crippen LogP contribution in [0, 0.1) is 0 Å². The first-order valence-corrected chi connectivity index (χ1v) is 5.59. The van der Waals surface area contributed by atoms with Gasteiger partial charge in [-0.1, -0.05) is 6.92 Å². The summed E-state index contributed by atoms with van der Waals surface area (Å²) in [5.74, 6) is 0. The molecule has 0 aromatic rings.